The average Bonchev–Trinajstić information content (AvgIpc) is 3.42. The number of benzene rings is 1. The number of amides is 1. The maximum atomic E-state index is 13.4. The second-order valence-electron chi connectivity index (χ2n) is 9.74. The first kappa shape index (κ1) is 21.2. The molecule has 1 aliphatic carbocycles. The van der Waals surface area contributed by atoms with Gasteiger partial charge in [-0.3, -0.25) is 9.89 Å². The summed E-state index contributed by atoms with van der Waals surface area (Å²) in [4.78, 5) is 18.1. The summed E-state index contributed by atoms with van der Waals surface area (Å²) in [5.74, 6) is 1.26. The largest absolute Gasteiger partial charge is 0.496 e. The minimum absolute atomic E-state index is 0.0153. The Balaban J connectivity index is 1.49. The first-order chi connectivity index (χ1) is 15.8. The van der Waals surface area contributed by atoms with Crippen LogP contribution in [-0.2, 0) is 6.42 Å². The zero-order chi connectivity index (χ0) is 23.2. The molecule has 170 valence electrons. The summed E-state index contributed by atoms with van der Waals surface area (Å²) in [6.07, 6.45) is 2.82. The Morgan fingerprint density at radius 2 is 2.03 bits per heavy atom. The standard InChI is InChI=1S/C25H27N5O3/c1-25(2,3)13-19-22-16(11-17(14-9-10-14)26-24(22)33-30-19)23(31)27-21-12-18(28-29-21)15-7-5-6-8-20(15)32-4/h5-8,11-12,14H,9-10,13H2,1-4H3,(H2,27,28,29,31). The molecule has 2 N–H and O–H groups in total. The second kappa shape index (κ2) is 8.03. The smallest absolute Gasteiger partial charge is 0.259 e. The van der Waals surface area contributed by atoms with Crippen molar-refractivity contribution in [2.24, 2.45) is 5.41 Å². The van der Waals surface area contributed by atoms with Crippen LogP contribution in [-0.4, -0.2) is 33.4 Å². The van der Waals surface area contributed by atoms with E-state index >= 15 is 0 Å². The van der Waals surface area contributed by atoms with E-state index in [9.17, 15) is 4.79 Å². The predicted octanol–water partition coefficient (Wildman–Crippen LogP) is 5.34. The van der Waals surface area contributed by atoms with Crippen LogP contribution in [0.4, 0.5) is 5.82 Å². The zero-order valence-electron chi connectivity index (χ0n) is 19.2. The van der Waals surface area contributed by atoms with E-state index in [2.05, 4.69) is 46.4 Å². The molecule has 8 heteroatoms. The summed E-state index contributed by atoms with van der Waals surface area (Å²) < 4.78 is 11.0. The summed E-state index contributed by atoms with van der Waals surface area (Å²) in [5.41, 5.74) is 4.15. The van der Waals surface area contributed by atoms with Crippen LogP contribution in [0.2, 0.25) is 0 Å². The van der Waals surface area contributed by atoms with Gasteiger partial charge in [-0.1, -0.05) is 38.1 Å². The van der Waals surface area contributed by atoms with Gasteiger partial charge in [0.05, 0.1) is 29.4 Å². The molecule has 0 bridgehead atoms. The first-order valence-corrected chi connectivity index (χ1v) is 11.1. The number of nitrogens with one attached hydrogen (secondary N) is 2. The summed E-state index contributed by atoms with van der Waals surface area (Å²) >= 11 is 0. The molecule has 3 heterocycles. The van der Waals surface area contributed by atoms with Crippen LogP contribution in [0.25, 0.3) is 22.4 Å². The van der Waals surface area contributed by atoms with Gasteiger partial charge in [-0.2, -0.15) is 5.10 Å². The third-order valence-electron chi connectivity index (χ3n) is 5.69. The molecule has 0 atom stereocenters. The van der Waals surface area contributed by atoms with Gasteiger partial charge in [-0.25, -0.2) is 4.98 Å². The molecule has 8 nitrogen and oxygen atoms in total. The quantitative estimate of drug-likeness (QED) is 0.415. The van der Waals surface area contributed by atoms with Gasteiger partial charge in [0.2, 0.25) is 0 Å². The molecule has 33 heavy (non-hydrogen) atoms. The third-order valence-corrected chi connectivity index (χ3v) is 5.69. The number of anilines is 1. The van der Waals surface area contributed by atoms with Crippen LogP contribution < -0.4 is 10.1 Å². The third kappa shape index (κ3) is 4.33. The SMILES string of the molecule is COc1ccccc1-c1cc(NC(=O)c2cc(C3CC3)nc3onc(CC(C)(C)C)c23)n[nH]1. The molecular formula is C25H27N5O3. The van der Waals surface area contributed by atoms with Crippen LogP contribution in [0.15, 0.2) is 40.9 Å². The van der Waals surface area contributed by atoms with Crippen molar-refractivity contribution >= 4 is 22.8 Å². The van der Waals surface area contributed by atoms with E-state index in [1.807, 2.05) is 30.3 Å². The van der Waals surface area contributed by atoms with E-state index in [0.717, 1.165) is 41.2 Å². The molecule has 4 aromatic rings. The Bertz CT molecular complexity index is 1330. The van der Waals surface area contributed by atoms with Crippen LogP contribution >= 0.6 is 0 Å². The molecule has 1 saturated carbocycles. The predicted molar refractivity (Wildman–Crippen MR) is 125 cm³/mol. The molecule has 0 unspecified atom stereocenters. The number of nitrogens with zero attached hydrogens (tertiary/aromatic N) is 3. The lowest BCUT2D eigenvalue weighted by atomic mass is 9.89. The molecule has 0 radical (unpaired) electrons. The Morgan fingerprint density at radius 1 is 1.24 bits per heavy atom. The van der Waals surface area contributed by atoms with Crippen molar-refractivity contribution in [1.29, 1.82) is 0 Å². The molecule has 3 aromatic heterocycles. The van der Waals surface area contributed by atoms with Gasteiger partial charge in [0.15, 0.2) is 5.82 Å². The van der Waals surface area contributed by atoms with E-state index in [-0.39, 0.29) is 11.3 Å². The number of hydrogen-bond acceptors (Lipinski definition) is 6. The van der Waals surface area contributed by atoms with Crippen molar-refractivity contribution < 1.29 is 14.1 Å². The van der Waals surface area contributed by atoms with Gasteiger partial charge in [0.1, 0.15) is 5.75 Å². The lowest BCUT2D eigenvalue weighted by molar-refractivity contribution is 0.102. The number of rotatable bonds is 6. The highest BCUT2D eigenvalue weighted by Crippen LogP contribution is 2.41. The minimum Gasteiger partial charge on any atom is -0.496 e. The number of aromatic nitrogens is 4. The Hall–Kier alpha value is -3.68. The summed E-state index contributed by atoms with van der Waals surface area (Å²) in [7, 11) is 1.62. The minimum atomic E-state index is -0.263. The number of aromatic amines is 1. The van der Waals surface area contributed by atoms with Gasteiger partial charge in [0, 0.05) is 23.2 Å². The van der Waals surface area contributed by atoms with Gasteiger partial charge in [-0.05, 0) is 42.9 Å². The Morgan fingerprint density at radius 3 is 2.76 bits per heavy atom. The molecule has 1 amide bonds. The fourth-order valence-corrected chi connectivity index (χ4v) is 3.99. The summed E-state index contributed by atoms with van der Waals surface area (Å²) in [6, 6.07) is 11.3. The van der Waals surface area contributed by atoms with Crippen LogP contribution in [0.1, 0.15) is 61.3 Å². The van der Waals surface area contributed by atoms with Crippen molar-refractivity contribution in [3.63, 3.8) is 0 Å². The summed E-state index contributed by atoms with van der Waals surface area (Å²) in [5, 5.41) is 15.1. The molecule has 0 saturated heterocycles. The number of methoxy groups -OCH3 is 1. The number of para-hydroxylation sites is 1. The van der Waals surface area contributed by atoms with E-state index in [1.165, 1.54) is 0 Å². The lowest BCUT2D eigenvalue weighted by Crippen LogP contribution is -2.15. The number of fused-ring (bicyclic) bond motifs is 1. The highest BCUT2D eigenvalue weighted by molar-refractivity contribution is 6.12. The Kier molecular flexibility index (Phi) is 5.15. The van der Waals surface area contributed by atoms with E-state index in [0.29, 0.717) is 34.8 Å². The van der Waals surface area contributed by atoms with Gasteiger partial charge in [-0.15, -0.1) is 0 Å². The van der Waals surface area contributed by atoms with E-state index < -0.39 is 0 Å². The van der Waals surface area contributed by atoms with Gasteiger partial charge in [0.25, 0.3) is 11.6 Å². The molecule has 5 rings (SSSR count). The molecule has 0 aliphatic heterocycles. The molecule has 1 aromatic carbocycles. The number of H-pyrrole nitrogens is 1. The molecular weight excluding hydrogens is 418 g/mol. The van der Waals surface area contributed by atoms with Crippen molar-refractivity contribution in [3.05, 3.63) is 53.3 Å². The number of ether oxygens (including phenoxy) is 1. The molecule has 0 spiro atoms. The van der Waals surface area contributed by atoms with Gasteiger partial charge < -0.3 is 14.6 Å². The van der Waals surface area contributed by atoms with Crippen LogP contribution in [0.3, 0.4) is 0 Å². The van der Waals surface area contributed by atoms with Crippen LogP contribution in [0.5, 0.6) is 5.75 Å². The monoisotopic (exact) mass is 445 g/mol. The van der Waals surface area contributed by atoms with E-state index in [1.54, 1.807) is 13.2 Å². The number of carbonyl (C=O) groups excluding carboxylic acids is 1. The van der Waals surface area contributed by atoms with Crippen LogP contribution in [0, 0.1) is 5.41 Å². The number of pyridine rings is 1. The normalized spacial score (nSPS) is 13.9. The maximum Gasteiger partial charge on any atom is 0.259 e. The van der Waals surface area contributed by atoms with E-state index in [4.69, 9.17) is 9.26 Å². The number of carbonyl (C=O) groups is 1. The molecule has 1 fully saturated rings. The van der Waals surface area contributed by atoms with Crippen molar-refractivity contribution in [3.8, 4) is 17.0 Å². The fraction of sp³-hybridized carbons (Fsp3) is 0.360. The summed E-state index contributed by atoms with van der Waals surface area (Å²) in [6.45, 7) is 6.38. The Labute approximate surface area is 191 Å². The lowest BCUT2D eigenvalue weighted by Gasteiger charge is -2.16. The van der Waals surface area contributed by atoms with Gasteiger partial charge >= 0.3 is 0 Å². The first-order valence-electron chi connectivity index (χ1n) is 11.1. The van der Waals surface area contributed by atoms with Crippen molar-refractivity contribution in [2.75, 3.05) is 12.4 Å². The highest BCUT2D eigenvalue weighted by Gasteiger charge is 2.30. The van der Waals surface area contributed by atoms with Crippen molar-refractivity contribution in [2.45, 2.75) is 46.0 Å². The highest BCUT2D eigenvalue weighted by atomic mass is 16.5. The average molecular weight is 446 g/mol. The number of hydrogen-bond donors (Lipinski definition) is 2. The zero-order valence-corrected chi connectivity index (χ0v) is 19.2. The molecule has 1 aliphatic rings. The fourth-order valence-electron chi connectivity index (χ4n) is 3.99. The topological polar surface area (TPSA) is 106 Å². The van der Waals surface area contributed by atoms with Crippen molar-refractivity contribution in [1.82, 2.24) is 20.3 Å². The maximum absolute atomic E-state index is 13.4. The second-order valence-corrected chi connectivity index (χ2v) is 9.74.